The highest BCUT2D eigenvalue weighted by Gasteiger charge is 2.23. The molecule has 0 N–H and O–H groups in total. The normalized spacial score (nSPS) is 13.1. The summed E-state index contributed by atoms with van der Waals surface area (Å²) in [4.78, 5) is 16.0. The van der Waals surface area contributed by atoms with Crippen LogP contribution in [0.1, 0.15) is 16.9 Å². The van der Waals surface area contributed by atoms with E-state index in [-0.39, 0.29) is 23.0 Å². The van der Waals surface area contributed by atoms with Crippen LogP contribution < -0.4 is 14.4 Å². The average Bonchev–Trinajstić information content (AvgIpc) is 3.29. The Morgan fingerprint density at radius 1 is 1.03 bits per heavy atom. The third-order valence-corrected chi connectivity index (χ3v) is 7.59. The minimum Gasteiger partial charge on any atom is -0.486 e. The van der Waals surface area contributed by atoms with Crippen LogP contribution >= 0.6 is 11.3 Å². The SMILES string of the molecule is Cc1ccc(S(=O)(=O)CCC(=O)N(Cc2cccs2)c2ccc3c(c2)OCCO3)cc1. The van der Waals surface area contributed by atoms with E-state index in [9.17, 15) is 13.2 Å². The van der Waals surface area contributed by atoms with E-state index in [2.05, 4.69) is 0 Å². The van der Waals surface area contributed by atoms with Gasteiger partial charge in [0.15, 0.2) is 21.3 Å². The summed E-state index contributed by atoms with van der Waals surface area (Å²) in [7, 11) is -3.55. The topological polar surface area (TPSA) is 72.9 Å². The summed E-state index contributed by atoms with van der Waals surface area (Å²) >= 11 is 1.55. The molecule has 0 bridgehead atoms. The number of thiophene rings is 1. The van der Waals surface area contributed by atoms with Gasteiger partial charge in [-0.25, -0.2) is 8.42 Å². The van der Waals surface area contributed by atoms with Crippen LogP contribution in [0, 0.1) is 6.92 Å². The van der Waals surface area contributed by atoms with Crippen molar-refractivity contribution in [3.8, 4) is 11.5 Å². The zero-order chi connectivity index (χ0) is 21.8. The van der Waals surface area contributed by atoms with Crippen molar-refractivity contribution < 1.29 is 22.7 Å². The van der Waals surface area contributed by atoms with Gasteiger partial charge < -0.3 is 14.4 Å². The van der Waals surface area contributed by atoms with Crippen molar-refractivity contribution in [2.75, 3.05) is 23.9 Å². The number of anilines is 1. The first-order chi connectivity index (χ1) is 14.9. The highest BCUT2D eigenvalue weighted by atomic mass is 32.2. The van der Waals surface area contributed by atoms with Crippen LogP contribution in [0.5, 0.6) is 11.5 Å². The molecule has 0 saturated carbocycles. The Morgan fingerprint density at radius 2 is 1.77 bits per heavy atom. The van der Waals surface area contributed by atoms with Gasteiger partial charge in [0.05, 0.1) is 17.2 Å². The Labute approximate surface area is 186 Å². The average molecular weight is 458 g/mol. The number of carbonyl (C=O) groups is 1. The predicted octanol–water partition coefficient (Wildman–Crippen LogP) is 4.22. The molecule has 1 aliphatic heterocycles. The molecule has 162 valence electrons. The molecule has 1 aliphatic rings. The molecule has 0 unspecified atom stereocenters. The lowest BCUT2D eigenvalue weighted by atomic mass is 10.2. The number of amides is 1. The molecule has 2 heterocycles. The summed E-state index contributed by atoms with van der Waals surface area (Å²) in [5, 5.41) is 1.95. The third-order valence-electron chi connectivity index (χ3n) is 5.00. The summed E-state index contributed by atoms with van der Waals surface area (Å²) in [6, 6.07) is 15.9. The van der Waals surface area contributed by atoms with Gasteiger partial charge in [-0.1, -0.05) is 23.8 Å². The molecule has 0 fully saturated rings. The highest BCUT2D eigenvalue weighted by Crippen LogP contribution is 2.35. The number of nitrogens with zero attached hydrogens (tertiary/aromatic N) is 1. The molecule has 0 atom stereocenters. The Balaban J connectivity index is 1.55. The second kappa shape index (κ2) is 9.11. The van der Waals surface area contributed by atoms with Crippen molar-refractivity contribution in [3.05, 3.63) is 70.4 Å². The summed E-state index contributed by atoms with van der Waals surface area (Å²) in [6.45, 7) is 3.20. The fraction of sp³-hybridized carbons (Fsp3) is 0.261. The largest absolute Gasteiger partial charge is 0.486 e. The van der Waals surface area contributed by atoms with Gasteiger partial charge in [0, 0.05) is 23.1 Å². The first-order valence-electron chi connectivity index (χ1n) is 9.94. The van der Waals surface area contributed by atoms with Crippen molar-refractivity contribution >= 4 is 32.8 Å². The molecule has 0 saturated heterocycles. The van der Waals surface area contributed by atoms with Crippen LogP contribution in [0.2, 0.25) is 0 Å². The number of carbonyl (C=O) groups excluding carboxylic acids is 1. The van der Waals surface area contributed by atoms with Crippen LogP contribution in [0.15, 0.2) is 64.9 Å². The summed E-state index contributed by atoms with van der Waals surface area (Å²) in [5.74, 6) is 0.710. The van der Waals surface area contributed by atoms with E-state index in [0.717, 1.165) is 10.4 Å². The monoisotopic (exact) mass is 457 g/mol. The molecular formula is C23H23NO5S2. The van der Waals surface area contributed by atoms with Crippen LogP contribution in [0.3, 0.4) is 0 Å². The Kier molecular flexibility index (Phi) is 6.29. The Bertz CT molecular complexity index is 1160. The summed E-state index contributed by atoms with van der Waals surface area (Å²) in [5.41, 5.74) is 1.63. The molecule has 0 aliphatic carbocycles. The molecule has 4 rings (SSSR count). The van der Waals surface area contributed by atoms with E-state index in [1.807, 2.05) is 24.4 Å². The molecule has 31 heavy (non-hydrogen) atoms. The molecule has 3 aromatic rings. The second-order valence-electron chi connectivity index (χ2n) is 7.27. The van der Waals surface area contributed by atoms with Crippen LogP contribution in [-0.4, -0.2) is 33.3 Å². The van der Waals surface area contributed by atoms with Gasteiger partial charge in [0.25, 0.3) is 0 Å². The summed E-state index contributed by atoms with van der Waals surface area (Å²) < 4.78 is 36.6. The van der Waals surface area contributed by atoms with Crippen molar-refractivity contribution in [1.82, 2.24) is 0 Å². The van der Waals surface area contributed by atoms with Crippen molar-refractivity contribution in [2.24, 2.45) is 0 Å². The molecule has 0 radical (unpaired) electrons. The fourth-order valence-electron chi connectivity index (χ4n) is 3.30. The number of benzene rings is 2. The first kappa shape index (κ1) is 21.4. The molecule has 1 aromatic heterocycles. The molecule has 6 nitrogen and oxygen atoms in total. The smallest absolute Gasteiger partial charge is 0.228 e. The van der Waals surface area contributed by atoms with Gasteiger partial charge in [-0.3, -0.25) is 4.79 Å². The lowest BCUT2D eigenvalue weighted by Crippen LogP contribution is -2.31. The number of rotatable bonds is 7. The van der Waals surface area contributed by atoms with Crippen molar-refractivity contribution in [1.29, 1.82) is 0 Å². The third kappa shape index (κ3) is 5.08. The number of aryl methyl sites for hydroxylation is 1. The maximum absolute atomic E-state index is 13.2. The lowest BCUT2D eigenvalue weighted by molar-refractivity contribution is -0.118. The second-order valence-corrected chi connectivity index (χ2v) is 10.4. The van der Waals surface area contributed by atoms with Gasteiger partial charge in [-0.15, -0.1) is 11.3 Å². The van der Waals surface area contributed by atoms with E-state index < -0.39 is 9.84 Å². The van der Waals surface area contributed by atoms with Gasteiger partial charge in [-0.2, -0.15) is 0 Å². The summed E-state index contributed by atoms with van der Waals surface area (Å²) in [6.07, 6.45) is -0.115. The molecule has 2 aromatic carbocycles. The Morgan fingerprint density at radius 3 is 2.48 bits per heavy atom. The maximum atomic E-state index is 13.2. The zero-order valence-corrected chi connectivity index (χ0v) is 18.7. The van der Waals surface area contributed by atoms with Gasteiger partial charge >= 0.3 is 0 Å². The minimum absolute atomic E-state index is 0.115. The standard InChI is InChI=1S/C23H23NO5S2/c1-17-4-7-20(8-5-17)31(26,27)14-10-23(25)24(16-19-3-2-13-30-19)18-6-9-21-22(15-18)29-12-11-28-21/h2-9,13,15H,10-12,14,16H2,1H3. The quantitative estimate of drug-likeness (QED) is 0.531. The van der Waals surface area contributed by atoms with Crippen LogP contribution in [0.25, 0.3) is 0 Å². The number of hydrogen-bond acceptors (Lipinski definition) is 6. The van der Waals surface area contributed by atoms with E-state index in [1.165, 1.54) is 0 Å². The van der Waals surface area contributed by atoms with Gasteiger partial charge in [-0.05, 0) is 42.6 Å². The number of sulfone groups is 1. The molecular weight excluding hydrogens is 434 g/mol. The molecule has 1 amide bonds. The number of hydrogen-bond donors (Lipinski definition) is 0. The lowest BCUT2D eigenvalue weighted by Gasteiger charge is -2.25. The molecule has 8 heteroatoms. The predicted molar refractivity (Wildman–Crippen MR) is 121 cm³/mol. The fourth-order valence-corrected chi connectivity index (χ4v) is 5.22. The van der Waals surface area contributed by atoms with Crippen molar-refractivity contribution in [2.45, 2.75) is 24.8 Å². The molecule has 0 spiro atoms. The Hall–Kier alpha value is -2.84. The van der Waals surface area contributed by atoms with E-state index >= 15 is 0 Å². The van der Waals surface area contributed by atoms with E-state index in [4.69, 9.17) is 9.47 Å². The zero-order valence-electron chi connectivity index (χ0n) is 17.1. The first-order valence-corrected chi connectivity index (χ1v) is 12.5. The van der Waals surface area contributed by atoms with Gasteiger partial charge in [0.1, 0.15) is 13.2 Å². The number of fused-ring (bicyclic) bond motifs is 1. The highest BCUT2D eigenvalue weighted by molar-refractivity contribution is 7.91. The van der Waals surface area contributed by atoms with Crippen LogP contribution in [0.4, 0.5) is 5.69 Å². The van der Waals surface area contributed by atoms with Crippen molar-refractivity contribution in [3.63, 3.8) is 0 Å². The van der Waals surface area contributed by atoms with Gasteiger partial charge in [0.2, 0.25) is 5.91 Å². The van der Waals surface area contributed by atoms with E-state index in [0.29, 0.717) is 36.9 Å². The minimum atomic E-state index is -3.55. The number of ether oxygens (including phenoxy) is 2. The van der Waals surface area contributed by atoms with E-state index in [1.54, 1.807) is 58.7 Å². The maximum Gasteiger partial charge on any atom is 0.228 e. The van der Waals surface area contributed by atoms with Crippen LogP contribution in [-0.2, 0) is 21.2 Å².